The summed E-state index contributed by atoms with van der Waals surface area (Å²) < 4.78 is 62.0. The molecule has 2 aromatic rings. The van der Waals surface area contributed by atoms with Crippen LogP contribution in [0, 0.1) is 0 Å². The molecule has 1 aromatic carbocycles. The van der Waals surface area contributed by atoms with E-state index >= 15 is 0 Å². The number of ether oxygens (including phenoxy) is 2. The Morgan fingerprint density at radius 3 is 2.23 bits per heavy atom. The molecule has 0 fully saturated rings. The fourth-order valence-electron chi connectivity index (χ4n) is 2.20. The predicted molar refractivity (Wildman–Crippen MR) is 107 cm³/mol. The average molecular weight is 480 g/mol. The monoisotopic (exact) mass is 479 g/mol. The molecule has 0 radical (unpaired) electrons. The van der Waals surface area contributed by atoms with Gasteiger partial charge in [0.15, 0.2) is 0 Å². The molecule has 15 heteroatoms. The summed E-state index contributed by atoms with van der Waals surface area (Å²) in [6, 6.07) is 5.73. The number of hydrogen-bond acceptors (Lipinski definition) is 9. The van der Waals surface area contributed by atoms with Crippen molar-refractivity contribution in [1.82, 2.24) is 18.8 Å². The van der Waals surface area contributed by atoms with Gasteiger partial charge in [-0.25, -0.2) is 17.9 Å². The molecule has 3 N–H and O–H groups in total. The molecule has 0 unspecified atom stereocenters. The molecule has 0 aliphatic rings. The second-order valence-electron chi connectivity index (χ2n) is 5.47. The molecule has 2 rings (SSSR count). The lowest BCUT2D eigenvalue weighted by atomic mass is 10.2. The minimum Gasteiger partial charge on any atom is -0.481 e. The average Bonchev–Trinajstić information content (AvgIpc) is 2.66. The second-order valence-corrected chi connectivity index (χ2v) is 9.17. The van der Waals surface area contributed by atoms with Crippen LogP contribution in [0.4, 0.5) is 10.7 Å². The van der Waals surface area contributed by atoms with E-state index in [0.717, 1.165) is 0 Å². The fraction of sp³-hybridized carbons (Fsp3) is 0.267. The number of benzene rings is 1. The van der Waals surface area contributed by atoms with E-state index in [1.165, 1.54) is 47.3 Å². The summed E-state index contributed by atoms with van der Waals surface area (Å²) in [5.41, 5.74) is 0.316. The van der Waals surface area contributed by atoms with E-state index in [-0.39, 0.29) is 34.9 Å². The Balaban J connectivity index is 2.16. The molecule has 0 aliphatic carbocycles. The number of urea groups is 1. The third-order valence-corrected chi connectivity index (χ3v) is 6.77. The van der Waals surface area contributed by atoms with Crippen LogP contribution in [0.15, 0.2) is 35.2 Å². The van der Waals surface area contributed by atoms with Crippen LogP contribution >= 0.6 is 11.6 Å². The van der Waals surface area contributed by atoms with E-state index in [1.54, 1.807) is 6.07 Å². The molecule has 0 aliphatic heterocycles. The van der Waals surface area contributed by atoms with Crippen LogP contribution in [-0.4, -0.2) is 52.9 Å². The number of aromatic nitrogens is 2. The number of nitrogens with zero attached hydrogens (tertiary/aromatic N) is 2. The van der Waals surface area contributed by atoms with Crippen LogP contribution < -0.4 is 23.6 Å². The third-order valence-electron chi connectivity index (χ3n) is 3.40. The van der Waals surface area contributed by atoms with Crippen LogP contribution in [0.2, 0.25) is 0 Å². The number of halogens is 1. The Bertz CT molecular complexity index is 1100. The second kappa shape index (κ2) is 9.88. The number of amides is 2. The molecule has 164 valence electrons. The first-order valence-corrected chi connectivity index (χ1v) is 11.6. The molecule has 1 heterocycles. The lowest BCUT2D eigenvalue weighted by Gasteiger charge is -2.12. The number of carbonyl (C=O) groups excluding carboxylic acids is 1. The Labute approximate surface area is 178 Å². The van der Waals surface area contributed by atoms with Crippen LogP contribution in [0.25, 0.3) is 0 Å². The number of aryl methyl sites for hydroxylation is 1. The van der Waals surface area contributed by atoms with Crippen molar-refractivity contribution >= 4 is 43.8 Å². The number of methoxy groups -OCH3 is 2. The molecule has 0 spiro atoms. The van der Waals surface area contributed by atoms with Gasteiger partial charge in [-0.3, -0.25) is 5.32 Å². The van der Waals surface area contributed by atoms with Crippen LogP contribution in [-0.2, 0) is 26.7 Å². The molecule has 0 bridgehead atoms. The molecule has 0 saturated carbocycles. The molecule has 2 amide bonds. The topological polar surface area (TPSA) is 166 Å². The van der Waals surface area contributed by atoms with Gasteiger partial charge < -0.3 is 9.47 Å². The maximum absolute atomic E-state index is 12.5. The summed E-state index contributed by atoms with van der Waals surface area (Å²) in [7, 11) is -6.72. The lowest BCUT2D eigenvalue weighted by Crippen LogP contribution is -2.45. The fourth-order valence-corrected chi connectivity index (χ4v) is 5.16. The van der Waals surface area contributed by atoms with Crippen LogP contribution in [0.1, 0.15) is 5.56 Å². The van der Waals surface area contributed by atoms with Gasteiger partial charge in [0.1, 0.15) is 0 Å². The third kappa shape index (κ3) is 6.41. The van der Waals surface area contributed by atoms with E-state index in [9.17, 15) is 21.6 Å². The number of hydrogen-bond donors (Lipinski definition) is 3. The number of sulfonamides is 1. The molecule has 0 saturated heterocycles. The van der Waals surface area contributed by atoms with Gasteiger partial charge in [-0.15, -0.1) is 11.6 Å². The van der Waals surface area contributed by atoms with Crippen LogP contribution in [0.3, 0.4) is 0 Å². The summed E-state index contributed by atoms with van der Waals surface area (Å²) in [5, 5.41) is 2.04. The van der Waals surface area contributed by atoms with Gasteiger partial charge in [0.25, 0.3) is 10.0 Å². The number of alkyl halides is 1. The summed E-state index contributed by atoms with van der Waals surface area (Å²) in [6.07, 6.45) is 0.196. The number of anilines is 1. The van der Waals surface area contributed by atoms with Gasteiger partial charge in [-0.2, -0.15) is 18.4 Å². The molecule has 0 atom stereocenters. The van der Waals surface area contributed by atoms with E-state index in [1.807, 2.05) is 5.32 Å². The van der Waals surface area contributed by atoms with Crippen molar-refractivity contribution in [2.75, 3.05) is 25.4 Å². The highest BCUT2D eigenvalue weighted by molar-refractivity contribution is 8.04. The summed E-state index contributed by atoms with van der Waals surface area (Å²) in [5.74, 6) is -0.133. The minimum absolute atomic E-state index is 0.0385. The van der Waals surface area contributed by atoms with Crippen molar-refractivity contribution in [1.29, 1.82) is 0 Å². The summed E-state index contributed by atoms with van der Waals surface area (Å²) in [4.78, 5) is 19.3. The Morgan fingerprint density at radius 1 is 1.07 bits per heavy atom. The highest BCUT2D eigenvalue weighted by Gasteiger charge is 2.26. The number of carbonyl (C=O) groups is 1. The zero-order chi connectivity index (χ0) is 22.4. The van der Waals surface area contributed by atoms with Gasteiger partial charge in [-0.1, -0.05) is 22.3 Å². The smallest absolute Gasteiger partial charge is 0.336 e. The largest absolute Gasteiger partial charge is 0.481 e. The van der Waals surface area contributed by atoms with Crippen molar-refractivity contribution in [2.24, 2.45) is 0 Å². The van der Waals surface area contributed by atoms with Crippen LogP contribution in [0.5, 0.6) is 11.8 Å². The van der Waals surface area contributed by atoms with Gasteiger partial charge in [0.2, 0.25) is 17.7 Å². The van der Waals surface area contributed by atoms with Gasteiger partial charge >= 0.3 is 16.2 Å². The van der Waals surface area contributed by atoms with E-state index < -0.39 is 26.3 Å². The quantitative estimate of drug-likeness (QED) is 0.437. The predicted octanol–water partition coefficient (Wildman–Crippen LogP) is 0.620. The molecule has 1 aromatic heterocycles. The van der Waals surface area contributed by atoms with Gasteiger partial charge in [-0.05, 0) is 18.1 Å². The molecular formula is C15H18ClN5O7S2. The molecule has 30 heavy (non-hydrogen) atoms. The molecule has 12 nitrogen and oxygen atoms in total. The Morgan fingerprint density at radius 2 is 1.67 bits per heavy atom. The maximum atomic E-state index is 12.5. The maximum Gasteiger partial charge on any atom is 0.336 e. The normalized spacial score (nSPS) is 11.6. The van der Waals surface area contributed by atoms with Gasteiger partial charge in [0, 0.05) is 5.88 Å². The molecular weight excluding hydrogens is 462 g/mol. The number of nitrogens with one attached hydrogen (secondary N) is 3. The van der Waals surface area contributed by atoms with E-state index in [4.69, 9.17) is 21.1 Å². The van der Waals surface area contributed by atoms with Crippen molar-refractivity contribution in [2.45, 2.75) is 11.3 Å². The Kier molecular flexibility index (Phi) is 7.77. The zero-order valence-corrected chi connectivity index (χ0v) is 18.1. The summed E-state index contributed by atoms with van der Waals surface area (Å²) in [6.45, 7) is 0. The lowest BCUT2D eigenvalue weighted by molar-refractivity contribution is 0.256. The van der Waals surface area contributed by atoms with E-state index in [2.05, 4.69) is 9.97 Å². The highest BCUT2D eigenvalue weighted by atomic mass is 35.5. The first kappa shape index (κ1) is 23.6. The van der Waals surface area contributed by atoms with Crippen molar-refractivity contribution in [3.63, 3.8) is 0 Å². The standard InChI is InChI=1S/C15H18ClN5O7S2/c1-27-12-9-13(28-2)18-14(17-12)19-15(22)20-30(25,26)21-29(23,24)11-6-4-3-5-10(11)7-8-16/h3-6,9,21H,7-8H2,1-2H3,(H2,17,18,19,20,22). The minimum atomic E-state index is -4.82. The zero-order valence-electron chi connectivity index (χ0n) is 15.7. The van der Waals surface area contributed by atoms with Crippen molar-refractivity contribution in [3.05, 3.63) is 35.9 Å². The van der Waals surface area contributed by atoms with Gasteiger partial charge in [0.05, 0.1) is 25.2 Å². The Hall–Kier alpha value is -2.68. The summed E-state index contributed by atoms with van der Waals surface area (Å²) >= 11 is 5.65. The van der Waals surface area contributed by atoms with Crippen molar-refractivity contribution in [3.8, 4) is 11.8 Å². The highest BCUT2D eigenvalue weighted by Crippen LogP contribution is 2.18. The first-order valence-electron chi connectivity index (χ1n) is 8.08. The number of rotatable bonds is 9. The first-order chi connectivity index (χ1) is 14.1. The SMILES string of the molecule is COc1cc(OC)nc(NC(=O)NS(=O)(=O)NS(=O)(=O)c2ccccc2CCCl)n1. The van der Waals surface area contributed by atoms with E-state index in [0.29, 0.717) is 5.56 Å². The van der Waals surface area contributed by atoms with Crippen molar-refractivity contribution < 1.29 is 31.1 Å².